The summed E-state index contributed by atoms with van der Waals surface area (Å²) in [6.07, 6.45) is 90.5. The van der Waals surface area contributed by atoms with Crippen LogP contribution in [0, 0.1) is 0 Å². The van der Waals surface area contributed by atoms with E-state index in [9.17, 15) is 14.4 Å². The molecule has 6 nitrogen and oxygen atoms in total. The Labute approximate surface area is 496 Å². The van der Waals surface area contributed by atoms with E-state index in [1.54, 1.807) is 0 Å². The molecule has 1 atom stereocenters. The van der Waals surface area contributed by atoms with Crippen molar-refractivity contribution in [3.63, 3.8) is 0 Å². The summed E-state index contributed by atoms with van der Waals surface area (Å²) in [6, 6.07) is 0. The number of rotatable bonds is 63. The number of hydrogen-bond donors (Lipinski definition) is 0. The molecule has 0 rings (SSSR count). The topological polar surface area (TPSA) is 78.9 Å². The van der Waals surface area contributed by atoms with E-state index in [4.69, 9.17) is 14.2 Å². The van der Waals surface area contributed by atoms with Crippen LogP contribution in [0.3, 0.4) is 0 Å². The average molecular weight is 1120 g/mol. The Bertz CT molecular complexity index is 1520. The van der Waals surface area contributed by atoms with Crippen LogP contribution in [-0.2, 0) is 28.6 Å². The molecule has 0 aromatic heterocycles. The molecule has 0 aliphatic heterocycles. The molecule has 1 unspecified atom stereocenters. The molecule has 0 amide bonds. The van der Waals surface area contributed by atoms with Crippen LogP contribution in [-0.4, -0.2) is 37.2 Å². The standard InChI is InChI=1S/C74H130O6/c1-4-7-10-13-16-19-22-24-26-28-30-32-34-36-37-39-40-42-44-46-48-50-52-55-58-61-64-67-73(76)79-70-71(69-78-72(75)66-63-60-57-54-21-18-15-12-9-6-3)80-74(77)68-65-62-59-56-53-51-49-47-45-43-41-38-35-33-31-29-27-25-23-20-17-14-11-8-5-2/h7,10,12,15-16,19,23-26,29-32,71H,4-6,8-9,11,13-14,17-18,20-22,27-28,33-70H2,1-3H3/b10-7-,15-12-,19-16-,25-23-,26-24-,31-29-,32-30-. The zero-order chi connectivity index (χ0) is 57.8. The predicted octanol–water partition coefficient (Wildman–Crippen LogP) is 23.8. The number of ether oxygens (including phenoxy) is 3. The van der Waals surface area contributed by atoms with Crippen molar-refractivity contribution in [3.8, 4) is 0 Å². The minimum atomic E-state index is -0.780. The maximum absolute atomic E-state index is 12.9. The third-order valence-corrected chi connectivity index (χ3v) is 15.1. The molecule has 0 bridgehead atoms. The first kappa shape index (κ1) is 76.6. The number of esters is 3. The van der Waals surface area contributed by atoms with Gasteiger partial charge in [-0.25, -0.2) is 0 Å². The fourth-order valence-electron chi connectivity index (χ4n) is 9.94. The van der Waals surface area contributed by atoms with E-state index < -0.39 is 6.10 Å². The zero-order valence-corrected chi connectivity index (χ0v) is 53.1. The van der Waals surface area contributed by atoms with E-state index in [0.29, 0.717) is 19.3 Å². The average Bonchev–Trinajstić information content (AvgIpc) is 3.46. The number of allylic oxidation sites excluding steroid dienone is 14. The van der Waals surface area contributed by atoms with Crippen LogP contribution in [0.2, 0.25) is 0 Å². The van der Waals surface area contributed by atoms with Gasteiger partial charge in [0, 0.05) is 19.3 Å². The first-order valence-electron chi connectivity index (χ1n) is 34.6. The van der Waals surface area contributed by atoms with Crippen molar-refractivity contribution in [2.75, 3.05) is 13.2 Å². The van der Waals surface area contributed by atoms with E-state index in [1.165, 1.54) is 205 Å². The van der Waals surface area contributed by atoms with Crippen LogP contribution < -0.4 is 0 Å². The monoisotopic (exact) mass is 1110 g/mol. The van der Waals surface area contributed by atoms with Gasteiger partial charge in [0.2, 0.25) is 0 Å². The Kier molecular flexibility index (Phi) is 65.2. The molecule has 0 radical (unpaired) electrons. The maximum atomic E-state index is 12.9. The van der Waals surface area contributed by atoms with Gasteiger partial charge in [0.15, 0.2) is 6.10 Å². The maximum Gasteiger partial charge on any atom is 0.306 e. The van der Waals surface area contributed by atoms with Gasteiger partial charge < -0.3 is 14.2 Å². The summed E-state index contributed by atoms with van der Waals surface area (Å²) in [6.45, 7) is 6.49. The highest BCUT2D eigenvalue weighted by atomic mass is 16.6. The molecule has 0 spiro atoms. The molecule has 0 heterocycles. The molecule has 80 heavy (non-hydrogen) atoms. The summed E-state index contributed by atoms with van der Waals surface area (Å²) in [7, 11) is 0. The molecule has 6 heteroatoms. The van der Waals surface area contributed by atoms with Gasteiger partial charge in [-0.05, 0) is 109 Å². The van der Waals surface area contributed by atoms with Crippen molar-refractivity contribution in [3.05, 3.63) is 85.1 Å². The van der Waals surface area contributed by atoms with Crippen molar-refractivity contribution >= 4 is 17.9 Å². The minimum Gasteiger partial charge on any atom is -0.462 e. The van der Waals surface area contributed by atoms with Gasteiger partial charge in [-0.15, -0.1) is 0 Å². The quantitative estimate of drug-likeness (QED) is 0.0261. The highest BCUT2D eigenvalue weighted by Gasteiger charge is 2.19. The van der Waals surface area contributed by atoms with E-state index in [-0.39, 0.29) is 31.1 Å². The van der Waals surface area contributed by atoms with Gasteiger partial charge in [-0.2, -0.15) is 0 Å². The molecule has 0 saturated heterocycles. The highest BCUT2D eigenvalue weighted by Crippen LogP contribution is 2.17. The van der Waals surface area contributed by atoms with Crippen LogP contribution in [0.5, 0.6) is 0 Å². The molecule has 0 saturated carbocycles. The van der Waals surface area contributed by atoms with Crippen LogP contribution in [0.4, 0.5) is 0 Å². The fraction of sp³-hybridized carbons (Fsp3) is 0.770. The second-order valence-electron chi connectivity index (χ2n) is 23.1. The van der Waals surface area contributed by atoms with Crippen LogP contribution >= 0.6 is 0 Å². The number of hydrogen-bond acceptors (Lipinski definition) is 6. The second-order valence-corrected chi connectivity index (χ2v) is 23.1. The molecule has 0 N–H and O–H groups in total. The van der Waals surface area contributed by atoms with E-state index >= 15 is 0 Å². The summed E-state index contributed by atoms with van der Waals surface area (Å²) >= 11 is 0. The Hall–Kier alpha value is -3.41. The van der Waals surface area contributed by atoms with Gasteiger partial charge >= 0.3 is 17.9 Å². The Morgan fingerprint density at radius 3 is 0.825 bits per heavy atom. The van der Waals surface area contributed by atoms with Crippen molar-refractivity contribution < 1.29 is 28.6 Å². The minimum absolute atomic E-state index is 0.0769. The third-order valence-electron chi connectivity index (χ3n) is 15.1. The lowest BCUT2D eigenvalue weighted by atomic mass is 10.0. The van der Waals surface area contributed by atoms with Crippen molar-refractivity contribution in [1.82, 2.24) is 0 Å². The molecule has 0 aromatic rings. The van der Waals surface area contributed by atoms with E-state index in [2.05, 4.69) is 106 Å². The molecule has 0 aromatic carbocycles. The molecule has 0 aliphatic rings. The van der Waals surface area contributed by atoms with Gasteiger partial charge in [-0.1, -0.05) is 305 Å². The van der Waals surface area contributed by atoms with E-state index in [1.807, 2.05) is 0 Å². The fourth-order valence-corrected chi connectivity index (χ4v) is 9.94. The summed E-state index contributed by atoms with van der Waals surface area (Å²) in [5, 5.41) is 0. The summed E-state index contributed by atoms with van der Waals surface area (Å²) in [4.78, 5) is 38.3. The SMILES string of the molecule is CC/C=C\C/C=C\C/C=C\C/C=C\CCCCCCCCCCCCCCCCC(=O)OCC(COC(=O)CCCCCCC/C=C\CCC)OC(=O)CCCCCCCCCCCCCCC/C=C\C/C=C\CCCCCCC. The molecule has 0 aliphatic carbocycles. The molecule has 462 valence electrons. The van der Waals surface area contributed by atoms with Crippen LogP contribution in [0.1, 0.15) is 348 Å². The summed E-state index contributed by atoms with van der Waals surface area (Å²) in [5.41, 5.74) is 0. The Morgan fingerprint density at radius 1 is 0.263 bits per heavy atom. The second kappa shape index (κ2) is 68.1. The Balaban J connectivity index is 4.18. The summed E-state index contributed by atoms with van der Waals surface area (Å²) in [5.74, 6) is -0.874. The molecule has 0 fully saturated rings. The van der Waals surface area contributed by atoms with Gasteiger partial charge in [-0.3, -0.25) is 14.4 Å². The smallest absolute Gasteiger partial charge is 0.306 e. The lowest BCUT2D eigenvalue weighted by Crippen LogP contribution is -2.30. The highest BCUT2D eigenvalue weighted by molar-refractivity contribution is 5.71. The normalized spacial score (nSPS) is 12.6. The van der Waals surface area contributed by atoms with Crippen LogP contribution in [0.25, 0.3) is 0 Å². The third kappa shape index (κ3) is 65.4. The van der Waals surface area contributed by atoms with Crippen LogP contribution in [0.15, 0.2) is 85.1 Å². The van der Waals surface area contributed by atoms with Gasteiger partial charge in [0.05, 0.1) is 0 Å². The number of carbonyl (C=O) groups is 3. The predicted molar refractivity (Wildman–Crippen MR) is 348 cm³/mol. The molecular formula is C74H130O6. The Morgan fingerprint density at radius 2 is 0.512 bits per heavy atom. The van der Waals surface area contributed by atoms with Crippen molar-refractivity contribution in [2.24, 2.45) is 0 Å². The van der Waals surface area contributed by atoms with Gasteiger partial charge in [0.1, 0.15) is 13.2 Å². The first-order chi connectivity index (χ1) is 39.5. The van der Waals surface area contributed by atoms with E-state index in [0.717, 1.165) is 103 Å². The number of unbranched alkanes of at least 4 members (excludes halogenated alkanes) is 38. The first-order valence-corrected chi connectivity index (χ1v) is 34.6. The molecular weight excluding hydrogens is 985 g/mol. The largest absolute Gasteiger partial charge is 0.462 e. The van der Waals surface area contributed by atoms with Gasteiger partial charge in [0.25, 0.3) is 0 Å². The number of carbonyl (C=O) groups excluding carboxylic acids is 3. The lowest BCUT2D eigenvalue weighted by molar-refractivity contribution is -0.167. The van der Waals surface area contributed by atoms with Crippen molar-refractivity contribution in [1.29, 1.82) is 0 Å². The van der Waals surface area contributed by atoms with Crippen molar-refractivity contribution in [2.45, 2.75) is 354 Å². The summed E-state index contributed by atoms with van der Waals surface area (Å²) < 4.78 is 16.9. The lowest BCUT2D eigenvalue weighted by Gasteiger charge is -2.18. The zero-order valence-electron chi connectivity index (χ0n) is 53.1.